The van der Waals surface area contributed by atoms with Gasteiger partial charge in [-0.1, -0.05) is 0 Å². The molecule has 5 nitrogen and oxygen atoms in total. The van der Waals surface area contributed by atoms with E-state index >= 15 is 0 Å². The summed E-state index contributed by atoms with van der Waals surface area (Å²) in [6, 6.07) is 1.36. The SMILES string of the molecule is Cc1csc(S(=O)(=O)N2C[C@@H](C(F)(F)F)[C@H](C(=O)O)C2)c1. The summed E-state index contributed by atoms with van der Waals surface area (Å²) < 4.78 is 63.6. The van der Waals surface area contributed by atoms with Gasteiger partial charge in [0, 0.05) is 13.1 Å². The van der Waals surface area contributed by atoms with Crippen LogP contribution in [0.15, 0.2) is 15.7 Å². The van der Waals surface area contributed by atoms with Gasteiger partial charge in [0.25, 0.3) is 10.0 Å². The zero-order chi connectivity index (χ0) is 16.0. The number of aliphatic carboxylic acids is 1. The molecule has 1 aliphatic rings. The third-order valence-electron chi connectivity index (χ3n) is 3.32. The third-order valence-corrected chi connectivity index (χ3v) is 6.69. The number of carbonyl (C=O) groups is 1. The van der Waals surface area contributed by atoms with Crippen LogP contribution in [0.25, 0.3) is 0 Å². The smallest absolute Gasteiger partial charge is 0.393 e. The number of thiophene rings is 1. The first-order valence-corrected chi connectivity index (χ1v) is 8.20. The molecule has 1 fully saturated rings. The van der Waals surface area contributed by atoms with Gasteiger partial charge >= 0.3 is 12.1 Å². The molecule has 2 atom stereocenters. The Hall–Kier alpha value is -1.13. The van der Waals surface area contributed by atoms with Crippen molar-refractivity contribution in [1.82, 2.24) is 4.31 Å². The summed E-state index contributed by atoms with van der Waals surface area (Å²) in [6.45, 7) is 0.136. The predicted octanol–water partition coefficient (Wildman–Crippen LogP) is 1.94. The quantitative estimate of drug-likeness (QED) is 0.910. The van der Waals surface area contributed by atoms with Crippen molar-refractivity contribution in [1.29, 1.82) is 0 Å². The second-order valence-corrected chi connectivity index (χ2v) is 7.93. The van der Waals surface area contributed by atoms with Gasteiger partial charge in [0.05, 0.1) is 11.8 Å². The lowest BCUT2D eigenvalue weighted by Crippen LogP contribution is -2.34. The molecule has 1 aromatic rings. The lowest BCUT2D eigenvalue weighted by atomic mass is 9.96. The Bertz CT molecular complexity index is 653. The number of aryl methyl sites for hydroxylation is 1. The van der Waals surface area contributed by atoms with E-state index in [-0.39, 0.29) is 4.21 Å². The summed E-state index contributed by atoms with van der Waals surface area (Å²) in [5.74, 6) is -5.61. The van der Waals surface area contributed by atoms with Crippen LogP contribution in [0.2, 0.25) is 0 Å². The van der Waals surface area contributed by atoms with E-state index < -0.39 is 47.1 Å². The van der Waals surface area contributed by atoms with E-state index in [1.165, 1.54) is 6.07 Å². The van der Waals surface area contributed by atoms with Crippen LogP contribution in [-0.4, -0.2) is 43.1 Å². The van der Waals surface area contributed by atoms with Gasteiger partial charge < -0.3 is 5.11 Å². The van der Waals surface area contributed by atoms with Crippen molar-refractivity contribution in [3.8, 4) is 0 Å². The van der Waals surface area contributed by atoms with Gasteiger partial charge in [-0.2, -0.15) is 17.5 Å². The highest BCUT2D eigenvalue weighted by atomic mass is 32.2. The van der Waals surface area contributed by atoms with Crippen LogP contribution in [0, 0.1) is 18.8 Å². The van der Waals surface area contributed by atoms with Crippen LogP contribution in [0.5, 0.6) is 0 Å². The molecule has 0 bridgehead atoms. The van der Waals surface area contributed by atoms with Gasteiger partial charge in [0.1, 0.15) is 4.21 Å². The molecule has 2 rings (SSSR count). The maximum atomic E-state index is 12.9. The van der Waals surface area contributed by atoms with Gasteiger partial charge in [-0.05, 0) is 23.9 Å². The average Bonchev–Trinajstić information content (AvgIpc) is 2.93. The average molecular weight is 343 g/mol. The molecule has 0 aliphatic carbocycles. The molecule has 2 heterocycles. The molecule has 0 unspecified atom stereocenters. The van der Waals surface area contributed by atoms with Crippen molar-refractivity contribution < 1.29 is 31.5 Å². The van der Waals surface area contributed by atoms with Crippen LogP contribution in [0.3, 0.4) is 0 Å². The molecule has 21 heavy (non-hydrogen) atoms. The Balaban J connectivity index is 2.33. The largest absolute Gasteiger partial charge is 0.481 e. The highest BCUT2D eigenvalue weighted by molar-refractivity contribution is 7.91. The van der Waals surface area contributed by atoms with Gasteiger partial charge in [0.15, 0.2) is 0 Å². The van der Waals surface area contributed by atoms with Gasteiger partial charge in [-0.3, -0.25) is 4.79 Å². The first-order valence-electron chi connectivity index (χ1n) is 5.88. The lowest BCUT2D eigenvalue weighted by Gasteiger charge is -2.18. The topological polar surface area (TPSA) is 74.7 Å². The highest BCUT2D eigenvalue weighted by Crippen LogP contribution is 2.40. The zero-order valence-electron chi connectivity index (χ0n) is 10.8. The van der Waals surface area contributed by atoms with E-state index in [4.69, 9.17) is 5.11 Å². The second-order valence-electron chi connectivity index (χ2n) is 4.86. The van der Waals surface area contributed by atoms with Crippen LogP contribution in [0.1, 0.15) is 5.56 Å². The fraction of sp³-hybridized carbons (Fsp3) is 0.545. The van der Waals surface area contributed by atoms with E-state index in [0.29, 0.717) is 9.87 Å². The van der Waals surface area contributed by atoms with Gasteiger partial charge in [0.2, 0.25) is 0 Å². The van der Waals surface area contributed by atoms with Crippen molar-refractivity contribution in [2.45, 2.75) is 17.3 Å². The molecule has 10 heteroatoms. The van der Waals surface area contributed by atoms with E-state index in [9.17, 15) is 26.4 Å². The first-order chi connectivity index (χ1) is 9.53. The number of sulfonamides is 1. The number of nitrogens with zero attached hydrogens (tertiary/aromatic N) is 1. The van der Waals surface area contributed by atoms with Crippen molar-refractivity contribution in [3.05, 3.63) is 17.0 Å². The highest BCUT2D eigenvalue weighted by Gasteiger charge is 2.55. The van der Waals surface area contributed by atoms with Gasteiger partial charge in [-0.25, -0.2) is 8.42 Å². The van der Waals surface area contributed by atoms with Crippen molar-refractivity contribution in [2.24, 2.45) is 11.8 Å². The van der Waals surface area contributed by atoms with Crippen molar-refractivity contribution in [3.63, 3.8) is 0 Å². The summed E-state index contributed by atoms with van der Waals surface area (Å²) in [6.07, 6.45) is -4.75. The Labute approximate surface area is 123 Å². The van der Waals surface area contributed by atoms with Crippen LogP contribution >= 0.6 is 11.3 Å². The molecule has 118 valence electrons. The van der Waals surface area contributed by atoms with Crippen LogP contribution in [-0.2, 0) is 14.8 Å². The molecule has 0 spiro atoms. The predicted molar refractivity (Wildman–Crippen MR) is 68.5 cm³/mol. The molecule has 0 amide bonds. The molecule has 1 aromatic heterocycles. The van der Waals surface area contributed by atoms with E-state index in [1.54, 1.807) is 12.3 Å². The van der Waals surface area contributed by atoms with Crippen molar-refractivity contribution >= 4 is 27.3 Å². The van der Waals surface area contributed by atoms with Crippen LogP contribution in [0.4, 0.5) is 13.2 Å². The standard InChI is InChI=1S/C11H12F3NO4S2/c1-6-2-9(20-5-6)21(18,19)15-3-7(10(16)17)8(4-15)11(12,13)14/h2,5,7-8H,3-4H2,1H3,(H,16,17)/t7-,8-/m1/s1. The monoisotopic (exact) mass is 343 g/mol. The molecule has 0 aromatic carbocycles. The Kier molecular flexibility index (Phi) is 4.06. The van der Waals surface area contributed by atoms with Crippen LogP contribution < -0.4 is 0 Å². The summed E-state index contributed by atoms with van der Waals surface area (Å²) in [5.41, 5.74) is 0.680. The Morgan fingerprint density at radius 2 is 2.05 bits per heavy atom. The maximum absolute atomic E-state index is 12.9. The number of alkyl halides is 3. The van der Waals surface area contributed by atoms with E-state index in [0.717, 1.165) is 11.3 Å². The fourth-order valence-electron chi connectivity index (χ4n) is 2.21. The minimum atomic E-state index is -4.75. The van der Waals surface area contributed by atoms with Gasteiger partial charge in [-0.15, -0.1) is 11.3 Å². The summed E-state index contributed by atoms with van der Waals surface area (Å²) in [4.78, 5) is 11.0. The molecule has 1 N–H and O–H groups in total. The molecule has 1 saturated heterocycles. The van der Waals surface area contributed by atoms with E-state index in [2.05, 4.69) is 0 Å². The fourth-order valence-corrected chi connectivity index (χ4v) is 5.09. The Morgan fingerprint density at radius 1 is 1.43 bits per heavy atom. The second kappa shape index (κ2) is 5.25. The first kappa shape index (κ1) is 16.2. The summed E-state index contributed by atoms with van der Waals surface area (Å²) in [5, 5.41) is 10.5. The number of hydrogen-bond acceptors (Lipinski definition) is 4. The molecular weight excluding hydrogens is 331 g/mol. The van der Waals surface area contributed by atoms with E-state index in [1.807, 2.05) is 0 Å². The molecule has 1 aliphatic heterocycles. The summed E-state index contributed by atoms with van der Waals surface area (Å²) >= 11 is 0.903. The minimum Gasteiger partial charge on any atom is -0.481 e. The maximum Gasteiger partial charge on any atom is 0.393 e. The lowest BCUT2D eigenvalue weighted by molar-refractivity contribution is -0.187. The number of carboxylic acid groups (broad SMARTS) is 1. The molecule has 0 radical (unpaired) electrons. The number of carboxylic acids is 1. The number of hydrogen-bond donors (Lipinski definition) is 1. The molecule has 0 saturated carbocycles. The number of halogens is 3. The number of rotatable bonds is 3. The normalized spacial score (nSPS) is 24.4. The molecular formula is C11H12F3NO4S2. The Morgan fingerprint density at radius 3 is 2.43 bits per heavy atom. The third kappa shape index (κ3) is 3.06. The summed E-state index contributed by atoms with van der Waals surface area (Å²) in [7, 11) is -4.09. The minimum absolute atomic E-state index is 0.0769. The van der Waals surface area contributed by atoms with Crippen molar-refractivity contribution in [2.75, 3.05) is 13.1 Å². The zero-order valence-corrected chi connectivity index (χ0v) is 12.4.